The standard InChI is InChI=1S/C13H17N3O2/c1-3-16-11(12(14)15-13(16)17)9-6-5-7-10(8-9)18-4-2/h5-8,11H,3-4H2,1-2H3,(H2,14,15,17). The minimum Gasteiger partial charge on any atom is -0.494 e. The Balaban J connectivity index is 2.32. The molecule has 0 radical (unpaired) electrons. The number of carbonyl (C=O) groups is 1. The predicted octanol–water partition coefficient (Wildman–Crippen LogP) is 1.94. The molecule has 2 rings (SSSR count). The van der Waals surface area contributed by atoms with Gasteiger partial charge in [0.05, 0.1) is 6.61 Å². The number of amidine groups is 1. The van der Waals surface area contributed by atoms with Gasteiger partial charge in [-0.3, -0.25) is 0 Å². The number of ether oxygens (including phenoxy) is 1. The van der Waals surface area contributed by atoms with Crippen molar-refractivity contribution in [3.63, 3.8) is 0 Å². The zero-order valence-electron chi connectivity index (χ0n) is 10.6. The van der Waals surface area contributed by atoms with E-state index >= 15 is 0 Å². The highest BCUT2D eigenvalue weighted by molar-refractivity contribution is 6.03. The van der Waals surface area contributed by atoms with Gasteiger partial charge in [0.25, 0.3) is 0 Å². The number of carbonyl (C=O) groups excluding carboxylic acids is 1. The quantitative estimate of drug-likeness (QED) is 0.884. The van der Waals surface area contributed by atoms with Crippen molar-refractivity contribution in [1.82, 2.24) is 4.90 Å². The third kappa shape index (κ3) is 2.16. The molecule has 96 valence electrons. The molecular weight excluding hydrogens is 230 g/mol. The van der Waals surface area contributed by atoms with Gasteiger partial charge in [0.1, 0.15) is 17.6 Å². The third-order valence-electron chi connectivity index (χ3n) is 2.89. The fraction of sp³-hybridized carbons (Fsp3) is 0.385. The number of rotatable bonds is 4. The number of nitrogens with zero attached hydrogens (tertiary/aromatic N) is 2. The van der Waals surface area contributed by atoms with E-state index in [9.17, 15) is 4.79 Å². The van der Waals surface area contributed by atoms with Gasteiger partial charge in [-0.25, -0.2) is 4.79 Å². The molecule has 5 heteroatoms. The summed E-state index contributed by atoms with van der Waals surface area (Å²) in [6.07, 6.45) is 0. The molecule has 5 nitrogen and oxygen atoms in total. The Morgan fingerprint density at radius 3 is 2.89 bits per heavy atom. The highest BCUT2D eigenvalue weighted by atomic mass is 16.5. The maximum absolute atomic E-state index is 11.6. The van der Waals surface area contributed by atoms with Crippen LogP contribution < -0.4 is 10.5 Å². The van der Waals surface area contributed by atoms with E-state index in [0.717, 1.165) is 11.3 Å². The lowest BCUT2D eigenvalue weighted by molar-refractivity contribution is 0.209. The average molecular weight is 247 g/mol. The summed E-state index contributed by atoms with van der Waals surface area (Å²) in [6, 6.07) is 7.05. The van der Waals surface area contributed by atoms with Crippen molar-refractivity contribution in [3.8, 4) is 5.75 Å². The fourth-order valence-electron chi connectivity index (χ4n) is 2.12. The molecule has 0 fully saturated rings. The van der Waals surface area contributed by atoms with E-state index in [1.165, 1.54) is 0 Å². The second kappa shape index (κ2) is 5.08. The summed E-state index contributed by atoms with van der Waals surface area (Å²) in [5, 5.41) is 0. The van der Waals surface area contributed by atoms with E-state index in [2.05, 4.69) is 4.99 Å². The molecule has 2 N–H and O–H groups in total. The molecule has 0 aromatic heterocycles. The Labute approximate surface area is 106 Å². The molecule has 1 aliphatic heterocycles. The first-order valence-electron chi connectivity index (χ1n) is 6.04. The van der Waals surface area contributed by atoms with Gasteiger partial charge in [0.2, 0.25) is 0 Å². The van der Waals surface area contributed by atoms with Crippen LogP contribution in [0.2, 0.25) is 0 Å². The van der Waals surface area contributed by atoms with E-state index in [1.807, 2.05) is 38.1 Å². The Morgan fingerprint density at radius 2 is 2.22 bits per heavy atom. The number of nitrogens with two attached hydrogens (primary N) is 1. The van der Waals surface area contributed by atoms with Crippen molar-refractivity contribution < 1.29 is 9.53 Å². The van der Waals surface area contributed by atoms with Crippen LogP contribution in [0.15, 0.2) is 29.3 Å². The molecule has 0 bridgehead atoms. The number of urea groups is 1. The van der Waals surface area contributed by atoms with Crippen LogP contribution in [0.4, 0.5) is 4.79 Å². The van der Waals surface area contributed by atoms with Gasteiger partial charge in [0, 0.05) is 6.54 Å². The molecule has 0 saturated carbocycles. The number of aliphatic imine (C=N–C) groups is 1. The summed E-state index contributed by atoms with van der Waals surface area (Å²) in [6.45, 7) is 5.02. The first kappa shape index (κ1) is 12.4. The Hall–Kier alpha value is -2.04. The summed E-state index contributed by atoms with van der Waals surface area (Å²) in [5.74, 6) is 1.12. The van der Waals surface area contributed by atoms with Crippen LogP contribution in [0.3, 0.4) is 0 Å². The van der Waals surface area contributed by atoms with Crippen LogP contribution in [0.25, 0.3) is 0 Å². The SMILES string of the molecule is CCOc1cccc(C2C(N)=NC(=O)N2CC)c1. The normalized spacial score (nSPS) is 19.0. The van der Waals surface area contributed by atoms with Crippen LogP contribution >= 0.6 is 0 Å². The van der Waals surface area contributed by atoms with Crippen molar-refractivity contribution >= 4 is 11.9 Å². The smallest absolute Gasteiger partial charge is 0.346 e. The molecule has 1 heterocycles. The monoisotopic (exact) mass is 247 g/mol. The lowest BCUT2D eigenvalue weighted by atomic mass is 10.1. The van der Waals surface area contributed by atoms with E-state index in [-0.39, 0.29) is 12.1 Å². The van der Waals surface area contributed by atoms with Crippen molar-refractivity contribution in [2.75, 3.05) is 13.2 Å². The van der Waals surface area contributed by atoms with Gasteiger partial charge in [-0.2, -0.15) is 4.99 Å². The Kier molecular flexibility index (Phi) is 3.50. The van der Waals surface area contributed by atoms with Crippen LogP contribution in [0, 0.1) is 0 Å². The second-order valence-electron chi connectivity index (χ2n) is 4.01. The van der Waals surface area contributed by atoms with Crippen molar-refractivity contribution in [3.05, 3.63) is 29.8 Å². The molecule has 2 amide bonds. The van der Waals surface area contributed by atoms with Gasteiger partial charge in [-0.15, -0.1) is 0 Å². The molecule has 1 aromatic rings. The van der Waals surface area contributed by atoms with Gasteiger partial charge >= 0.3 is 6.03 Å². The number of hydrogen-bond donors (Lipinski definition) is 1. The Bertz CT molecular complexity index is 485. The molecule has 0 saturated heterocycles. The van der Waals surface area contributed by atoms with Gasteiger partial charge < -0.3 is 15.4 Å². The summed E-state index contributed by atoms with van der Waals surface area (Å²) in [5.41, 5.74) is 6.76. The van der Waals surface area contributed by atoms with Crippen molar-refractivity contribution in [2.24, 2.45) is 10.7 Å². The zero-order valence-corrected chi connectivity index (χ0v) is 10.6. The van der Waals surface area contributed by atoms with Crippen molar-refractivity contribution in [2.45, 2.75) is 19.9 Å². The highest BCUT2D eigenvalue weighted by Gasteiger charge is 2.33. The van der Waals surface area contributed by atoms with Gasteiger partial charge in [0.15, 0.2) is 0 Å². The molecule has 1 aliphatic rings. The van der Waals surface area contributed by atoms with E-state index in [4.69, 9.17) is 10.5 Å². The third-order valence-corrected chi connectivity index (χ3v) is 2.89. The first-order valence-corrected chi connectivity index (χ1v) is 6.04. The molecule has 1 aromatic carbocycles. The highest BCUT2D eigenvalue weighted by Crippen LogP contribution is 2.28. The minimum atomic E-state index is -0.276. The summed E-state index contributed by atoms with van der Waals surface area (Å²) >= 11 is 0. The molecular formula is C13H17N3O2. The number of hydrogen-bond acceptors (Lipinski definition) is 3. The largest absolute Gasteiger partial charge is 0.494 e. The van der Waals surface area contributed by atoms with Gasteiger partial charge in [-0.05, 0) is 31.5 Å². The number of likely N-dealkylation sites (N-methyl/N-ethyl adjacent to an activating group) is 1. The van der Waals surface area contributed by atoms with Crippen molar-refractivity contribution in [1.29, 1.82) is 0 Å². The second-order valence-corrected chi connectivity index (χ2v) is 4.01. The minimum absolute atomic E-state index is 0.275. The van der Waals surface area contributed by atoms with E-state index < -0.39 is 0 Å². The van der Waals surface area contributed by atoms with Crippen LogP contribution in [-0.2, 0) is 0 Å². The fourth-order valence-corrected chi connectivity index (χ4v) is 2.12. The van der Waals surface area contributed by atoms with E-state index in [1.54, 1.807) is 4.90 Å². The maximum Gasteiger partial charge on any atom is 0.346 e. The molecule has 18 heavy (non-hydrogen) atoms. The van der Waals surface area contributed by atoms with Crippen LogP contribution in [-0.4, -0.2) is 29.9 Å². The molecule has 0 aliphatic carbocycles. The average Bonchev–Trinajstić information content (AvgIpc) is 2.64. The summed E-state index contributed by atoms with van der Waals surface area (Å²) in [4.78, 5) is 17.1. The first-order chi connectivity index (χ1) is 8.67. The lowest BCUT2D eigenvalue weighted by Gasteiger charge is -2.23. The van der Waals surface area contributed by atoms with Gasteiger partial charge in [-0.1, -0.05) is 12.1 Å². The predicted molar refractivity (Wildman–Crippen MR) is 69.8 cm³/mol. The Morgan fingerprint density at radius 1 is 1.44 bits per heavy atom. The maximum atomic E-state index is 11.6. The topological polar surface area (TPSA) is 67.9 Å². The molecule has 0 spiro atoms. The molecule has 1 atom stereocenters. The number of benzene rings is 1. The van der Waals surface area contributed by atoms with Crippen LogP contribution in [0.1, 0.15) is 25.5 Å². The van der Waals surface area contributed by atoms with Crippen LogP contribution in [0.5, 0.6) is 5.75 Å². The zero-order chi connectivity index (χ0) is 13.1. The molecule has 1 unspecified atom stereocenters. The summed E-state index contributed by atoms with van der Waals surface area (Å²) in [7, 11) is 0. The van der Waals surface area contributed by atoms with E-state index in [0.29, 0.717) is 19.0 Å². The summed E-state index contributed by atoms with van der Waals surface area (Å²) < 4.78 is 5.45. The lowest BCUT2D eigenvalue weighted by Crippen LogP contribution is -2.33. The number of amides is 2.